The number of benzene rings is 2. The van der Waals surface area contributed by atoms with Crippen LogP contribution in [0.1, 0.15) is 29.7 Å². The third-order valence-corrected chi connectivity index (χ3v) is 6.31. The summed E-state index contributed by atoms with van der Waals surface area (Å²) in [7, 11) is 0. The zero-order valence-electron chi connectivity index (χ0n) is 13.8. The lowest BCUT2D eigenvalue weighted by atomic mass is 10.0. The number of fused-ring (bicyclic) bond motifs is 4. The van der Waals surface area contributed by atoms with Crippen LogP contribution in [-0.4, -0.2) is 9.97 Å². The molecule has 0 bridgehead atoms. The van der Waals surface area contributed by atoms with Crippen molar-refractivity contribution in [3.8, 4) is 11.4 Å². The Labute approximate surface area is 149 Å². The van der Waals surface area contributed by atoms with E-state index in [1.807, 2.05) is 24.3 Å². The SMILES string of the molecule is O=c1[nH]c(-c2cccc3ccccc23)nc2sc3c(c12)CCCCC3. The fourth-order valence-corrected chi connectivity index (χ4v) is 5.16. The van der Waals surface area contributed by atoms with Gasteiger partial charge in [0.1, 0.15) is 10.7 Å². The summed E-state index contributed by atoms with van der Waals surface area (Å²) in [5, 5.41) is 3.10. The quantitative estimate of drug-likeness (QED) is 0.489. The molecule has 0 unspecified atom stereocenters. The standard InChI is InChI=1S/C21H18N2OS/c24-20-18-16-10-2-1-3-12-17(16)25-21(18)23-19(22-20)15-11-6-8-13-7-4-5-9-14(13)15/h4-9,11H,1-3,10,12H2,(H,22,23,24). The minimum Gasteiger partial charge on any atom is -0.306 e. The molecule has 124 valence electrons. The van der Waals surface area contributed by atoms with Crippen molar-refractivity contribution in [3.63, 3.8) is 0 Å². The Morgan fingerprint density at radius 3 is 2.76 bits per heavy atom. The van der Waals surface area contributed by atoms with Gasteiger partial charge < -0.3 is 4.98 Å². The number of aromatic amines is 1. The number of aromatic nitrogens is 2. The minimum absolute atomic E-state index is 0.00679. The maximum absolute atomic E-state index is 12.9. The summed E-state index contributed by atoms with van der Waals surface area (Å²) >= 11 is 1.71. The third kappa shape index (κ3) is 2.40. The fraction of sp³-hybridized carbons (Fsp3) is 0.238. The van der Waals surface area contributed by atoms with Crippen molar-refractivity contribution in [2.75, 3.05) is 0 Å². The Balaban J connectivity index is 1.77. The maximum Gasteiger partial charge on any atom is 0.260 e. The van der Waals surface area contributed by atoms with E-state index >= 15 is 0 Å². The molecule has 2 aromatic heterocycles. The number of rotatable bonds is 1. The van der Waals surface area contributed by atoms with Crippen LogP contribution in [0.25, 0.3) is 32.4 Å². The van der Waals surface area contributed by atoms with Gasteiger partial charge in [0.2, 0.25) is 0 Å². The van der Waals surface area contributed by atoms with Gasteiger partial charge in [-0.05, 0) is 42.0 Å². The summed E-state index contributed by atoms with van der Waals surface area (Å²) < 4.78 is 0. The number of nitrogens with one attached hydrogen (secondary N) is 1. The van der Waals surface area contributed by atoms with Gasteiger partial charge in [0.05, 0.1) is 5.39 Å². The molecule has 4 heteroatoms. The first-order valence-electron chi connectivity index (χ1n) is 8.84. The Morgan fingerprint density at radius 1 is 0.960 bits per heavy atom. The van der Waals surface area contributed by atoms with Crippen molar-refractivity contribution >= 4 is 32.3 Å². The molecule has 2 aromatic carbocycles. The first kappa shape index (κ1) is 14.8. The van der Waals surface area contributed by atoms with Crippen molar-refractivity contribution in [2.45, 2.75) is 32.1 Å². The average molecular weight is 346 g/mol. The molecule has 1 aliphatic rings. The summed E-state index contributed by atoms with van der Waals surface area (Å²) in [5.41, 5.74) is 2.24. The van der Waals surface area contributed by atoms with Crippen molar-refractivity contribution in [1.29, 1.82) is 0 Å². The molecule has 0 atom stereocenters. The molecule has 0 fully saturated rings. The fourth-order valence-electron chi connectivity index (χ4n) is 3.90. The summed E-state index contributed by atoms with van der Waals surface area (Å²) in [4.78, 5) is 23.0. The second kappa shape index (κ2) is 5.81. The van der Waals surface area contributed by atoms with E-state index in [0.717, 1.165) is 39.4 Å². The van der Waals surface area contributed by atoms with Crippen LogP contribution >= 0.6 is 11.3 Å². The molecular weight excluding hydrogens is 328 g/mol. The predicted molar refractivity (Wildman–Crippen MR) is 104 cm³/mol. The highest BCUT2D eigenvalue weighted by Crippen LogP contribution is 2.34. The molecule has 25 heavy (non-hydrogen) atoms. The van der Waals surface area contributed by atoms with Gasteiger partial charge >= 0.3 is 0 Å². The maximum atomic E-state index is 12.9. The number of thiophene rings is 1. The number of nitrogens with zero attached hydrogens (tertiary/aromatic N) is 1. The smallest absolute Gasteiger partial charge is 0.260 e. The molecular formula is C21H18N2OS. The molecule has 1 N–H and O–H groups in total. The van der Waals surface area contributed by atoms with Gasteiger partial charge in [0, 0.05) is 10.4 Å². The second-order valence-corrected chi connectivity index (χ2v) is 7.77. The van der Waals surface area contributed by atoms with Crippen LogP contribution in [0.5, 0.6) is 0 Å². The molecule has 0 saturated carbocycles. The van der Waals surface area contributed by atoms with Crippen LogP contribution < -0.4 is 5.56 Å². The molecule has 2 heterocycles. The molecule has 1 aliphatic carbocycles. The van der Waals surface area contributed by atoms with Gasteiger partial charge in [-0.3, -0.25) is 4.79 Å². The van der Waals surface area contributed by atoms with Crippen LogP contribution in [-0.2, 0) is 12.8 Å². The Morgan fingerprint density at radius 2 is 1.80 bits per heavy atom. The molecule has 0 radical (unpaired) electrons. The van der Waals surface area contributed by atoms with E-state index in [1.165, 1.54) is 29.7 Å². The van der Waals surface area contributed by atoms with E-state index in [2.05, 4.69) is 23.2 Å². The zero-order chi connectivity index (χ0) is 16.8. The van der Waals surface area contributed by atoms with Gasteiger partial charge in [-0.2, -0.15) is 0 Å². The summed E-state index contributed by atoms with van der Waals surface area (Å²) in [6.07, 6.45) is 5.73. The summed E-state index contributed by atoms with van der Waals surface area (Å²) in [6, 6.07) is 14.4. The normalized spacial score (nSPS) is 14.6. The predicted octanol–water partition coefficient (Wildman–Crippen LogP) is 5.07. The minimum atomic E-state index is 0.00679. The molecule has 5 rings (SSSR count). The Hall–Kier alpha value is -2.46. The Bertz CT molecular complexity index is 1150. The number of hydrogen-bond acceptors (Lipinski definition) is 3. The first-order chi connectivity index (χ1) is 12.3. The monoisotopic (exact) mass is 346 g/mol. The zero-order valence-corrected chi connectivity index (χ0v) is 14.7. The summed E-state index contributed by atoms with van der Waals surface area (Å²) in [6.45, 7) is 0. The molecule has 0 spiro atoms. The highest BCUT2D eigenvalue weighted by Gasteiger charge is 2.19. The van der Waals surface area contributed by atoms with Gasteiger partial charge in [-0.25, -0.2) is 4.98 Å². The molecule has 0 saturated heterocycles. The third-order valence-electron chi connectivity index (χ3n) is 5.12. The lowest BCUT2D eigenvalue weighted by Gasteiger charge is -2.06. The average Bonchev–Trinajstić information content (AvgIpc) is 2.83. The van der Waals surface area contributed by atoms with Crippen molar-refractivity contribution in [2.24, 2.45) is 0 Å². The van der Waals surface area contributed by atoms with E-state index in [1.54, 1.807) is 11.3 Å². The topological polar surface area (TPSA) is 45.8 Å². The van der Waals surface area contributed by atoms with Gasteiger partial charge in [0.25, 0.3) is 5.56 Å². The van der Waals surface area contributed by atoms with E-state index < -0.39 is 0 Å². The van der Waals surface area contributed by atoms with Crippen LogP contribution in [0.15, 0.2) is 47.3 Å². The molecule has 3 nitrogen and oxygen atoms in total. The van der Waals surface area contributed by atoms with E-state index in [0.29, 0.717) is 5.82 Å². The molecule has 0 amide bonds. The van der Waals surface area contributed by atoms with E-state index in [4.69, 9.17) is 4.98 Å². The van der Waals surface area contributed by atoms with Crippen molar-refractivity contribution < 1.29 is 0 Å². The summed E-state index contributed by atoms with van der Waals surface area (Å²) in [5.74, 6) is 0.672. The van der Waals surface area contributed by atoms with Crippen LogP contribution in [0.2, 0.25) is 0 Å². The van der Waals surface area contributed by atoms with Crippen LogP contribution in [0.3, 0.4) is 0 Å². The van der Waals surface area contributed by atoms with Gasteiger partial charge in [-0.1, -0.05) is 48.9 Å². The van der Waals surface area contributed by atoms with Crippen LogP contribution in [0.4, 0.5) is 0 Å². The number of H-pyrrole nitrogens is 1. The lowest BCUT2D eigenvalue weighted by Crippen LogP contribution is -2.10. The first-order valence-corrected chi connectivity index (χ1v) is 9.65. The van der Waals surface area contributed by atoms with E-state index in [9.17, 15) is 4.79 Å². The highest BCUT2D eigenvalue weighted by molar-refractivity contribution is 7.18. The number of hydrogen-bond donors (Lipinski definition) is 1. The number of aryl methyl sites for hydroxylation is 2. The lowest BCUT2D eigenvalue weighted by molar-refractivity contribution is 0.713. The van der Waals surface area contributed by atoms with Gasteiger partial charge in [0.15, 0.2) is 0 Å². The second-order valence-electron chi connectivity index (χ2n) is 6.69. The van der Waals surface area contributed by atoms with Crippen molar-refractivity contribution in [3.05, 3.63) is 63.3 Å². The Kier molecular flexibility index (Phi) is 3.45. The highest BCUT2D eigenvalue weighted by atomic mass is 32.1. The van der Waals surface area contributed by atoms with Gasteiger partial charge in [-0.15, -0.1) is 11.3 Å². The molecule has 4 aromatic rings. The largest absolute Gasteiger partial charge is 0.306 e. The van der Waals surface area contributed by atoms with E-state index in [-0.39, 0.29) is 5.56 Å². The van der Waals surface area contributed by atoms with Crippen LogP contribution in [0, 0.1) is 0 Å². The molecule has 0 aliphatic heterocycles. The van der Waals surface area contributed by atoms with Crippen molar-refractivity contribution in [1.82, 2.24) is 9.97 Å².